The maximum Gasteiger partial charge on any atom is 0.126 e. The molecule has 2 heteroatoms. The van der Waals surface area contributed by atoms with Crippen LogP contribution in [0, 0.1) is 11.7 Å². The van der Waals surface area contributed by atoms with E-state index in [1.807, 2.05) is 0 Å². The lowest BCUT2D eigenvalue weighted by Gasteiger charge is -2.02. The molecule has 1 rings (SSSR count). The van der Waals surface area contributed by atoms with Crippen molar-refractivity contribution in [3.63, 3.8) is 0 Å². The monoisotopic (exact) mass is 153 g/mol. The predicted molar refractivity (Wildman–Crippen MR) is 42.7 cm³/mol. The van der Waals surface area contributed by atoms with Crippen LogP contribution >= 0.6 is 0 Å². The van der Waals surface area contributed by atoms with E-state index in [0.717, 1.165) is 12.1 Å². The minimum Gasteiger partial charge on any atom is -0.261 e. The van der Waals surface area contributed by atoms with Crippen molar-refractivity contribution in [1.82, 2.24) is 4.98 Å². The van der Waals surface area contributed by atoms with Crippen molar-refractivity contribution >= 4 is 0 Å². The lowest BCUT2D eigenvalue weighted by Crippen LogP contribution is -1.96. The lowest BCUT2D eigenvalue weighted by molar-refractivity contribution is 0.603. The first kappa shape index (κ1) is 8.18. The Hall–Kier alpha value is -0.920. The van der Waals surface area contributed by atoms with E-state index >= 15 is 0 Å². The van der Waals surface area contributed by atoms with Crippen LogP contribution in [0.15, 0.2) is 18.3 Å². The van der Waals surface area contributed by atoms with Crippen molar-refractivity contribution < 1.29 is 4.39 Å². The minimum absolute atomic E-state index is 0.198. The van der Waals surface area contributed by atoms with Crippen molar-refractivity contribution in [2.75, 3.05) is 0 Å². The van der Waals surface area contributed by atoms with Gasteiger partial charge in [0.15, 0.2) is 0 Å². The molecule has 0 aliphatic rings. The summed E-state index contributed by atoms with van der Waals surface area (Å²) in [5, 5.41) is 0. The molecule has 1 aromatic heterocycles. The van der Waals surface area contributed by atoms with Gasteiger partial charge in [-0.3, -0.25) is 4.98 Å². The highest BCUT2D eigenvalue weighted by Crippen LogP contribution is 2.05. The molecule has 1 heterocycles. The minimum atomic E-state index is -0.198. The van der Waals surface area contributed by atoms with Gasteiger partial charge in [0.05, 0.1) is 0 Å². The summed E-state index contributed by atoms with van der Waals surface area (Å²) >= 11 is 0. The van der Waals surface area contributed by atoms with Crippen LogP contribution in [0.25, 0.3) is 0 Å². The first-order valence-electron chi connectivity index (χ1n) is 3.79. The number of nitrogens with zero attached hydrogens (tertiary/aromatic N) is 1. The van der Waals surface area contributed by atoms with Gasteiger partial charge in [-0.1, -0.05) is 13.8 Å². The zero-order valence-electron chi connectivity index (χ0n) is 6.84. The molecule has 0 unspecified atom stereocenters. The molecule has 60 valence electrons. The third-order valence-corrected chi connectivity index (χ3v) is 1.40. The number of aromatic nitrogens is 1. The van der Waals surface area contributed by atoms with Crippen LogP contribution in [0.4, 0.5) is 4.39 Å². The first-order chi connectivity index (χ1) is 5.18. The number of pyridine rings is 1. The molecule has 1 aromatic rings. The standard InChI is InChI=1S/C9H12FN/c1-7(2)5-9-6-8(10)3-4-11-9/h3-4,6-7H,5H2,1-2H3. The largest absolute Gasteiger partial charge is 0.261 e. The van der Waals surface area contributed by atoms with E-state index in [-0.39, 0.29) is 5.82 Å². The normalized spacial score (nSPS) is 10.5. The molecule has 0 aliphatic heterocycles. The summed E-state index contributed by atoms with van der Waals surface area (Å²) in [6.45, 7) is 4.18. The van der Waals surface area contributed by atoms with E-state index in [2.05, 4.69) is 18.8 Å². The molecule has 11 heavy (non-hydrogen) atoms. The van der Waals surface area contributed by atoms with E-state index < -0.39 is 0 Å². The fraction of sp³-hybridized carbons (Fsp3) is 0.444. The third-order valence-electron chi connectivity index (χ3n) is 1.40. The van der Waals surface area contributed by atoms with E-state index in [1.54, 1.807) is 0 Å². The topological polar surface area (TPSA) is 12.9 Å². The second-order valence-corrected chi connectivity index (χ2v) is 3.06. The van der Waals surface area contributed by atoms with E-state index in [9.17, 15) is 4.39 Å². The molecule has 0 N–H and O–H groups in total. The number of hydrogen-bond acceptors (Lipinski definition) is 1. The predicted octanol–water partition coefficient (Wildman–Crippen LogP) is 2.42. The quantitative estimate of drug-likeness (QED) is 0.635. The summed E-state index contributed by atoms with van der Waals surface area (Å²) in [5.41, 5.74) is 0.833. The van der Waals surface area contributed by atoms with Gasteiger partial charge in [0.25, 0.3) is 0 Å². The van der Waals surface area contributed by atoms with Crippen molar-refractivity contribution in [2.24, 2.45) is 5.92 Å². The SMILES string of the molecule is CC(C)Cc1cc(F)ccn1. The van der Waals surface area contributed by atoms with Gasteiger partial charge in [-0.25, -0.2) is 4.39 Å². The Morgan fingerprint density at radius 2 is 2.27 bits per heavy atom. The number of hydrogen-bond donors (Lipinski definition) is 0. The molecule has 0 amide bonds. The van der Waals surface area contributed by atoms with Crippen molar-refractivity contribution in [3.05, 3.63) is 29.8 Å². The lowest BCUT2D eigenvalue weighted by atomic mass is 10.1. The molecule has 0 aromatic carbocycles. The first-order valence-corrected chi connectivity index (χ1v) is 3.79. The van der Waals surface area contributed by atoms with E-state index in [0.29, 0.717) is 5.92 Å². The van der Waals surface area contributed by atoms with Crippen LogP contribution in [0.5, 0.6) is 0 Å². The molecular weight excluding hydrogens is 141 g/mol. The zero-order valence-corrected chi connectivity index (χ0v) is 6.84. The zero-order chi connectivity index (χ0) is 8.27. The van der Waals surface area contributed by atoms with Gasteiger partial charge in [-0.15, -0.1) is 0 Å². The molecule has 0 bridgehead atoms. The van der Waals surface area contributed by atoms with Gasteiger partial charge in [-0.05, 0) is 24.5 Å². The third kappa shape index (κ3) is 2.66. The smallest absolute Gasteiger partial charge is 0.126 e. The highest BCUT2D eigenvalue weighted by molar-refractivity contribution is 5.06. The van der Waals surface area contributed by atoms with Gasteiger partial charge in [0.2, 0.25) is 0 Å². The molecule has 0 spiro atoms. The maximum atomic E-state index is 12.6. The second-order valence-electron chi connectivity index (χ2n) is 3.06. The highest BCUT2D eigenvalue weighted by atomic mass is 19.1. The van der Waals surface area contributed by atoms with Crippen LogP contribution < -0.4 is 0 Å². The molecule has 0 saturated carbocycles. The summed E-state index contributed by atoms with van der Waals surface area (Å²) in [6.07, 6.45) is 2.35. The van der Waals surface area contributed by atoms with Crippen LogP contribution in [-0.2, 0) is 6.42 Å². The van der Waals surface area contributed by atoms with Gasteiger partial charge < -0.3 is 0 Å². The van der Waals surface area contributed by atoms with Gasteiger partial charge in [0.1, 0.15) is 5.82 Å². The van der Waals surface area contributed by atoms with Crippen LogP contribution in [-0.4, -0.2) is 4.98 Å². The van der Waals surface area contributed by atoms with Crippen molar-refractivity contribution in [3.8, 4) is 0 Å². The summed E-state index contributed by atoms with van der Waals surface area (Å²) in [6, 6.07) is 2.85. The molecule has 0 aliphatic carbocycles. The highest BCUT2D eigenvalue weighted by Gasteiger charge is 1.99. The Bertz CT molecular complexity index is 233. The van der Waals surface area contributed by atoms with Gasteiger partial charge >= 0.3 is 0 Å². The molecule has 0 radical (unpaired) electrons. The number of halogens is 1. The van der Waals surface area contributed by atoms with Crippen LogP contribution in [0.1, 0.15) is 19.5 Å². The van der Waals surface area contributed by atoms with Gasteiger partial charge in [0, 0.05) is 11.9 Å². The Balaban J connectivity index is 2.71. The average molecular weight is 153 g/mol. The summed E-state index contributed by atoms with van der Waals surface area (Å²) in [5.74, 6) is 0.333. The van der Waals surface area contributed by atoms with Crippen LogP contribution in [0.2, 0.25) is 0 Å². The van der Waals surface area contributed by atoms with Crippen LogP contribution in [0.3, 0.4) is 0 Å². The fourth-order valence-corrected chi connectivity index (χ4v) is 0.979. The fourth-order valence-electron chi connectivity index (χ4n) is 0.979. The Morgan fingerprint density at radius 1 is 1.55 bits per heavy atom. The second kappa shape index (κ2) is 3.46. The molecule has 0 atom stereocenters. The van der Waals surface area contributed by atoms with Crippen molar-refractivity contribution in [1.29, 1.82) is 0 Å². The Kier molecular flexibility index (Phi) is 2.58. The molecular formula is C9H12FN. The summed E-state index contributed by atoms with van der Waals surface area (Å²) in [7, 11) is 0. The van der Waals surface area contributed by atoms with E-state index in [1.165, 1.54) is 18.3 Å². The Labute approximate surface area is 66.3 Å². The van der Waals surface area contributed by atoms with Crippen molar-refractivity contribution in [2.45, 2.75) is 20.3 Å². The summed E-state index contributed by atoms with van der Waals surface area (Å²) < 4.78 is 12.6. The average Bonchev–Trinajstić information content (AvgIpc) is 1.85. The van der Waals surface area contributed by atoms with Gasteiger partial charge in [-0.2, -0.15) is 0 Å². The molecule has 0 fully saturated rings. The van der Waals surface area contributed by atoms with E-state index in [4.69, 9.17) is 0 Å². The number of rotatable bonds is 2. The maximum absolute atomic E-state index is 12.6. The molecule has 0 saturated heterocycles. The molecule has 1 nitrogen and oxygen atoms in total. The summed E-state index contributed by atoms with van der Waals surface area (Å²) in [4.78, 5) is 4.04. The Morgan fingerprint density at radius 3 is 2.82 bits per heavy atom.